The molecule has 0 radical (unpaired) electrons. The summed E-state index contributed by atoms with van der Waals surface area (Å²) in [7, 11) is 1.72. The lowest BCUT2D eigenvalue weighted by Crippen LogP contribution is -2.31. The van der Waals surface area contributed by atoms with Crippen molar-refractivity contribution in [3.05, 3.63) is 16.9 Å². The van der Waals surface area contributed by atoms with E-state index in [1.807, 2.05) is 4.68 Å². The molecule has 0 spiro atoms. The molecule has 1 fully saturated rings. The van der Waals surface area contributed by atoms with Crippen molar-refractivity contribution in [2.45, 2.75) is 45.1 Å². The lowest BCUT2D eigenvalue weighted by atomic mass is 9.77. The molecule has 2 unspecified atom stereocenters. The Bertz CT molecular complexity index is 408. The van der Waals surface area contributed by atoms with Crippen LogP contribution in [0.15, 0.2) is 6.20 Å². The molecule has 1 heterocycles. The van der Waals surface area contributed by atoms with Crippen LogP contribution in [-0.4, -0.2) is 36.6 Å². The van der Waals surface area contributed by atoms with Gasteiger partial charge in [-0.1, -0.05) is 31.4 Å². The van der Waals surface area contributed by atoms with E-state index in [1.54, 1.807) is 13.3 Å². The smallest absolute Gasteiger partial charge is 0.0820 e. The Kier molecular flexibility index (Phi) is 6.33. The summed E-state index contributed by atoms with van der Waals surface area (Å²) in [5.74, 6) is 1.19. The van der Waals surface area contributed by atoms with Gasteiger partial charge in [0.25, 0.3) is 0 Å². The van der Waals surface area contributed by atoms with Gasteiger partial charge in [0.1, 0.15) is 0 Å². The third-order valence-electron chi connectivity index (χ3n) is 4.26. The fraction of sp³-hybridized carbons (Fsp3) is 0.800. The monoisotopic (exact) mass is 299 g/mol. The molecule has 2 atom stereocenters. The summed E-state index contributed by atoms with van der Waals surface area (Å²) in [5.41, 5.74) is 1.21. The van der Waals surface area contributed by atoms with E-state index >= 15 is 0 Å². The first-order valence-corrected chi connectivity index (χ1v) is 8.06. The van der Waals surface area contributed by atoms with Crippen molar-refractivity contribution in [3.8, 4) is 0 Å². The highest BCUT2D eigenvalue weighted by molar-refractivity contribution is 6.31. The third kappa shape index (κ3) is 3.74. The van der Waals surface area contributed by atoms with Gasteiger partial charge in [0, 0.05) is 13.0 Å². The standard InChI is InChI=1S/C15H26ClN3O/c1-3-17-10-12-6-4-5-7-13(12)15-14(16)11-18-19(15)8-9-20-2/h11-13,17H,3-10H2,1-2H3. The maximum atomic E-state index is 6.41. The number of hydrogen-bond acceptors (Lipinski definition) is 3. The SMILES string of the molecule is CCNCC1CCCCC1c1c(Cl)cnn1CCOC. The van der Waals surface area contributed by atoms with E-state index in [0.29, 0.717) is 18.4 Å². The minimum atomic E-state index is 0.523. The van der Waals surface area contributed by atoms with Crippen LogP contribution >= 0.6 is 11.6 Å². The fourth-order valence-corrected chi connectivity index (χ4v) is 3.52. The van der Waals surface area contributed by atoms with Gasteiger partial charge in [-0.3, -0.25) is 4.68 Å². The minimum absolute atomic E-state index is 0.523. The van der Waals surface area contributed by atoms with E-state index in [2.05, 4.69) is 17.3 Å². The van der Waals surface area contributed by atoms with Crippen molar-refractivity contribution in [2.24, 2.45) is 5.92 Å². The van der Waals surface area contributed by atoms with Crippen molar-refractivity contribution in [2.75, 3.05) is 26.8 Å². The van der Waals surface area contributed by atoms with Crippen LogP contribution < -0.4 is 5.32 Å². The zero-order valence-corrected chi connectivity index (χ0v) is 13.3. The Labute approximate surface area is 126 Å². The maximum absolute atomic E-state index is 6.41. The fourth-order valence-electron chi connectivity index (χ4n) is 3.24. The van der Waals surface area contributed by atoms with Crippen LogP contribution in [0, 0.1) is 5.92 Å². The van der Waals surface area contributed by atoms with E-state index in [-0.39, 0.29) is 0 Å². The highest BCUT2D eigenvalue weighted by Gasteiger charge is 2.30. The number of nitrogens with one attached hydrogen (secondary N) is 1. The minimum Gasteiger partial charge on any atom is -0.383 e. The summed E-state index contributed by atoms with van der Waals surface area (Å²) in [5, 5.41) is 8.74. The number of methoxy groups -OCH3 is 1. The molecule has 114 valence electrons. The van der Waals surface area contributed by atoms with Crippen molar-refractivity contribution in [1.82, 2.24) is 15.1 Å². The summed E-state index contributed by atoms with van der Waals surface area (Å²) in [6, 6.07) is 0. The molecule has 1 aromatic rings. The topological polar surface area (TPSA) is 39.1 Å². The van der Waals surface area contributed by atoms with Crippen molar-refractivity contribution < 1.29 is 4.74 Å². The number of ether oxygens (including phenoxy) is 1. The van der Waals surface area contributed by atoms with Gasteiger partial charge >= 0.3 is 0 Å². The normalized spacial score (nSPS) is 23.1. The number of halogens is 1. The van der Waals surface area contributed by atoms with E-state index < -0.39 is 0 Å². The highest BCUT2D eigenvalue weighted by Crippen LogP contribution is 2.40. The molecule has 1 saturated carbocycles. The molecule has 1 aliphatic carbocycles. The number of hydrogen-bond donors (Lipinski definition) is 1. The molecule has 5 heteroatoms. The Balaban J connectivity index is 2.15. The molecule has 0 aromatic carbocycles. The molecule has 4 nitrogen and oxygen atoms in total. The third-order valence-corrected chi connectivity index (χ3v) is 4.55. The second-order valence-electron chi connectivity index (χ2n) is 5.55. The van der Waals surface area contributed by atoms with Gasteiger partial charge in [-0.25, -0.2) is 0 Å². The molecular formula is C15H26ClN3O. The Hall–Kier alpha value is -0.580. The van der Waals surface area contributed by atoms with Gasteiger partial charge in [-0.2, -0.15) is 5.10 Å². The maximum Gasteiger partial charge on any atom is 0.0820 e. The largest absolute Gasteiger partial charge is 0.383 e. The quantitative estimate of drug-likeness (QED) is 0.841. The first-order valence-electron chi connectivity index (χ1n) is 7.68. The Morgan fingerprint density at radius 3 is 3.00 bits per heavy atom. The van der Waals surface area contributed by atoms with Gasteiger partial charge in [0.2, 0.25) is 0 Å². The lowest BCUT2D eigenvalue weighted by Gasteiger charge is -2.32. The van der Waals surface area contributed by atoms with Crippen molar-refractivity contribution in [3.63, 3.8) is 0 Å². The predicted molar refractivity (Wildman–Crippen MR) is 82.4 cm³/mol. The summed E-state index contributed by atoms with van der Waals surface area (Å²) in [6.45, 7) is 5.72. The molecule has 2 rings (SSSR count). The van der Waals surface area contributed by atoms with Gasteiger partial charge in [0.15, 0.2) is 0 Å². The van der Waals surface area contributed by atoms with E-state index in [1.165, 1.54) is 31.4 Å². The van der Waals surface area contributed by atoms with Gasteiger partial charge in [0.05, 0.1) is 30.1 Å². The molecule has 20 heavy (non-hydrogen) atoms. The first-order chi connectivity index (χ1) is 9.77. The predicted octanol–water partition coefficient (Wildman–Crippen LogP) is 3.07. The van der Waals surface area contributed by atoms with Crippen LogP contribution in [0.25, 0.3) is 0 Å². The average molecular weight is 300 g/mol. The first kappa shape index (κ1) is 15.8. The van der Waals surface area contributed by atoms with Crippen molar-refractivity contribution >= 4 is 11.6 Å². The zero-order valence-electron chi connectivity index (χ0n) is 12.6. The molecule has 0 bridgehead atoms. The number of nitrogens with zero attached hydrogens (tertiary/aromatic N) is 2. The second-order valence-corrected chi connectivity index (χ2v) is 5.96. The zero-order chi connectivity index (χ0) is 14.4. The molecule has 0 amide bonds. The van der Waals surface area contributed by atoms with Crippen molar-refractivity contribution in [1.29, 1.82) is 0 Å². The van der Waals surface area contributed by atoms with E-state index in [9.17, 15) is 0 Å². The molecule has 1 aliphatic rings. The molecule has 1 N–H and O–H groups in total. The van der Waals surface area contributed by atoms with Crippen LogP contribution in [-0.2, 0) is 11.3 Å². The van der Waals surface area contributed by atoms with E-state index in [4.69, 9.17) is 16.3 Å². The average Bonchev–Trinajstić information content (AvgIpc) is 2.84. The van der Waals surface area contributed by atoms with Gasteiger partial charge < -0.3 is 10.1 Å². The molecule has 0 saturated heterocycles. The molecule has 0 aliphatic heterocycles. The second kappa shape index (κ2) is 8.01. The summed E-state index contributed by atoms with van der Waals surface area (Å²) in [4.78, 5) is 0. The van der Waals surface area contributed by atoms with Crippen LogP contribution in [0.5, 0.6) is 0 Å². The highest BCUT2D eigenvalue weighted by atomic mass is 35.5. The lowest BCUT2D eigenvalue weighted by molar-refractivity contribution is 0.179. The summed E-state index contributed by atoms with van der Waals surface area (Å²) < 4.78 is 7.22. The van der Waals surface area contributed by atoms with E-state index in [0.717, 1.165) is 24.7 Å². The van der Waals surface area contributed by atoms with Crippen LogP contribution in [0.3, 0.4) is 0 Å². The van der Waals surface area contributed by atoms with Crippen LogP contribution in [0.4, 0.5) is 0 Å². The van der Waals surface area contributed by atoms with Gasteiger partial charge in [-0.05, 0) is 31.8 Å². The van der Waals surface area contributed by atoms with Crippen LogP contribution in [0.2, 0.25) is 5.02 Å². The summed E-state index contributed by atoms with van der Waals surface area (Å²) in [6.07, 6.45) is 6.90. The summed E-state index contributed by atoms with van der Waals surface area (Å²) >= 11 is 6.41. The molecule has 1 aromatic heterocycles. The molecular weight excluding hydrogens is 274 g/mol. The number of aromatic nitrogens is 2. The Morgan fingerprint density at radius 1 is 1.45 bits per heavy atom. The number of rotatable bonds is 7. The van der Waals surface area contributed by atoms with Gasteiger partial charge in [-0.15, -0.1) is 0 Å². The van der Waals surface area contributed by atoms with Crippen LogP contribution in [0.1, 0.15) is 44.2 Å². The Morgan fingerprint density at radius 2 is 2.25 bits per heavy atom.